The Hall–Kier alpha value is -2.31. The molecule has 0 aromatic carbocycles. The molecular formula is C25H33N3O4. The van der Waals surface area contributed by atoms with Gasteiger partial charge in [0.2, 0.25) is 11.8 Å². The van der Waals surface area contributed by atoms with Crippen molar-refractivity contribution in [2.75, 3.05) is 32.7 Å². The summed E-state index contributed by atoms with van der Waals surface area (Å²) in [7, 11) is 0. The highest BCUT2D eigenvalue weighted by atomic mass is 16.3. The zero-order chi connectivity index (χ0) is 21.9. The topological polar surface area (TPSA) is 74.1 Å². The molecule has 7 nitrogen and oxygen atoms in total. The molecule has 7 heteroatoms. The minimum atomic E-state index is -0.419. The van der Waals surface area contributed by atoms with Gasteiger partial charge in [-0.25, -0.2) is 0 Å². The van der Waals surface area contributed by atoms with Gasteiger partial charge in [0.15, 0.2) is 5.76 Å². The Labute approximate surface area is 189 Å². The van der Waals surface area contributed by atoms with Crippen LogP contribution in [0.25, 0.3) is 0 Å². The average Bonchev–Trinajstić information content (AvgIpc) is 3.49. The lowest BCUT2D eigenvalue weighted by Crippen LogP contribution is -2.60. The Morgan fingerprint density at radius 3 is 2.09 bits per heavy atom. The molecule has 0 N–H and O–H groups in total. The van der Waals surface area contributed by atoms with E-state index in [-0.39, 0.29) is 23.0 Å². The minimum absolute atomic E-state index is 0.0179. The molecule has 7 rings (SSSR count). The molecule has 1 aromatic heterocycles. The Balaban J connectivity index is 1.09. The van der Waals surface area contributed by atoms with E-state index in [2.05, 4.69) is 0 Å². The Morgan fingerprint density at radius 2 is 1.50 bits per heavy atom. The summed E-state index contributed by atoms with van der Waals surface area (Å²) in [6.07, 6.45) is 10.3. The van der Waals surface area contributed by atoms with E-state index in [4.69, 9.17) is 4.42 Å². The summed E-state index contributed by atoms with van der Waals surface area (Å²) in [5.41, 5.74) is -0.112. The van der Waals surface area contributed by atoms with Gasteiger partial charge in [0.1, 0.15) is 6.04 Å². The number of nitrogens with zero attached hydrogens (tertiary/aromatic N) is 3. The lowest BCUT2D eigenvalue weighted by Gasteiger charge is -2.57. The van der Waals surface area contributed by atoms with E-state index in [1.165, 1.54) is 25.5 Å². The predicted molar refractivity (Wildman–Crippen MR) is 117 cm³/mol. The molecule has 1 aromatic rings. The number of amides is 3. The highest BCUT2D eigenvalue weighted by Crippen LogP contribution is 2.60. The van der Waals surface area contributed by atoms with Crippen LogP contribution in [0.15, 0.2) is 22.8 Å². The fraction of sp³-hybridized carbons (Fsp3) is 0.720. The first-order valence-corrected chi connectivity index (χ1v) is 12.4. The van der Waals surface area contributed by atoms with Gasteiger partial charge >= 0.3 is 0 Å². The Bertz CT molecular complexity index is 867. The summed E-state index contributed by atoms with van der Waals surface area (Å²) in [5, 5.41) is 0. The zero-order valence-corrected chi connectivity index (χ0v) is 18.7. The number of carbonyl (C=O) groups is 3. The van der Waals surface area contributed by atoms with Crippen molar-refractivity contribution in [1.82, 2.24) is 14.7 Å². The molecule has 0 unspecified atom stereocenters. The molecule has 32 heavy (non-hydrogen) atoms. The standard InChI is InChI=1S/C25H33N3O4/c29-22(20-3-1-5-28(20)23(30)21-4-2-10-32-21)26-6-8-27(9-7-26)24(31)25-14-17-11-18(15-25)13-19(12-17)16-25/h2,4,10,17-20H,1,3,5-9,11-16H2/t17?,18?,19?,20-,25?/m0/s1. The van der Waals surface area contributed by atoms with Crippen LogP contribution < -0.4 is 0 Å². The number of piperazine rings is 1. The maximum atomic E-state index is 13.6. The van der Waals surface area contributed by atoms with Gasteiger partial charge in [0.25, 0.3) is 5.91 Å². The molecule has 4 aliphatic carbocycles. The van der Waals surface area contributed by atoms with Crippen LogP contribution in [0.1, 0.15) is 61.9 Å². The van der Waals surface area contributed by atoms with Crippen molar-refractivity contribution in [3.05, 3.63) is 24.2 Å². The SMILES string of the molecule is O=C([C@@H]1CCCN1C(=O)c1ccco1)N1CCN(C(=O)C23CC4CC(CC(C4)C2)C3)CC1. The second-order valence-corrected chi connectivity index (χ2v) is 10.9. The van der Waals surface area contributed by atoms with Crippen LogP contribution in [0.5, 0.6) is 0 Å². The first kappa shape index (κ1) is 20.3. The molecule has 0 radical (unpaired) electrons. The second-order valence-electron chi connectivity index (χ2n) is 10.9. The molecule has 6 aliphatic rings. The zero-order valence-electron chi connectivity index (χ0n) is 18.7. The van der Waals surface area contributed by atoms with Gasteiger partial charge in [-0.1, -0.05) is 0 Å². The maximum Gasteiger partial charge on any atom is 0.290 e. The summed E-state index contributed by atoms with van der Waals surface area (Å²) >= 11 is 0. The molecule has 3 heterocycles. The lowest BCUT2D eigenvalue weighted by atomic mass is 9.49. The van der Waals surface area contributed by atoms with E-state index in [1.807, 2.05) is 9.80 Å². The van der Waals surface area contributed by atoms with Gasteiger partial charge < -0.3 is 19.1 Å². The molecule has 172 valence electrons. The van der Waals surface area contributed by atoms with Crippen molar-refractivity contribution in [3.8, 4) is 0 Å². The van der Waals surface area contributed by atoms with E-state index >= 15 is 0 Å². The molecule has 4 saturated carbocycles. The number of likely N-dealkylation sites (tertiary alicyclic amines) is 1. The fourth-order valence-corrected chi connectivity index (χ4v) is 7.86. The largest absolute Gasteiger partial charge is 0.459 e. The monoisotopic (exact) mass is 439 g/mol. The van der Waals surface area contributed by atoms with Crippen molar-refractivity contribution in [2.45, 2.75) is 57.4 Å². The van der Waals surface area contributed by atoms with Gasteiger partial charge in [-0.2, -0.15) is 0 Å². The predicted octanol–water partition coefficient (Wildman–Crippen LogP) is 2.77. The molecule has 0 spiro atoms. The number of rotatable bonds is 3. The van der Waals surface area contributed by atoms with Crippen molar-refractivity contribution < 1.29 is 18.8 Å². The van der Waals surface area contributed by atoms with Crippen LogP contribution in [0, 0.1) is 23.2 Å². The summed E-state index contributed by atoms with van der Waals surface area (Å²) < 4.78 is 5.26. The molecule has 1 atom stereocenters. The number of hydrogen-bond donors (Lipinski definition) is 0. The molecule has 2 aliphatic heterocycles. The van der Waals surface area contributed by atoms with Crippen LogP contribution in [0.4, 0.5) is 0 Å². The van der Waals surface area contributed by atoms with Crippen molar-refractivity contribution in [1.29, 1.82) is 0 Å². The minimum Gasteiger partial charge on any atom is -0.459 e. The van der Waals surface area contributed by atoms with Gasteiger partial charge in [0, 0.05) is 32.7 Å². The summed E-state index contributed by atoms with van der Waals surface area (Å²) in [5.74, 6) is 2.73. The maximum absolute atomic E-state index is 13.6. The first-order valence-electron chi connectivity index (χ1n) is 12.4. The number of hydrogen-bond acceptors (Lipinski definition) is 4. The molecule has 2 saturated heterocycles. The first-order chi connectivity index (χ1) is 15.5. The summed E-state index contributed by atoms with van der Waals surface area (Å²) in [6.45, 7) is 2.95. The Kier molecular flexibility index (Phi) is 4.84. The van der Waals surface area contributed by atoms with Crippen LogP contribution in [0.2, 0.25) is 0 Å². The average molecular weight is 440 g/mol. The van der Waals surface area contributed by atoms with E-state index in [9.17, 15) is 14.4 Å². The highest BCUT2D eigenvalue weighted by molar-refractivity contribution is 5.96. The van der Waals surface area contributed by atoms with Crippen LogP contribution in [0.3, 0.4) is 0 Å². The normalized spacial score (nSPS) is 36.1. The van der Waals surface area contributed by atoms with Gasteiger partial charge in [0.05, 0.1) is 11.7 Å². The second kappa shape index (κ2) is 7.63. The summed E-state index contributed by atoms with van der Waals surface area (Å²) in [6, 6.07) is 2.93. The lowest BCUT2D eigenvalue weighted by molar-refractivity contribution is -0.161. The smallest absolute Gasteiger partial charge is 0.290 e. The Morgan fingerprint density at radius 1 is 0.875 bits per heavy atom. The molecule has 6 fully saturated rings. The van der Waals surface area contributed by atoms with E-state index < -0.39 is 6.04 Å². The van der Waals surface area contributed by atoms with Crippen molar-refractivity contribution in [3.63, 3.8) is 0 Å². The molecule has 4 bridgehead atoms. The summed E-state index contributed by atoms with van der Waals surface area (Å²) in [4.78, 5) is 45.2. The van der Waals surface area contributed by atoms with E-state index in [0.717, 1.165) is 43.4 Å². The number of furan rings is 1. The van der Waals surface area contributed by atoms with Crippen molar-refractivity contribution >= 4 is 17.7 Å². The van der Waals surface area contributed by atoms with E-state index in [1.54, 1.807) is 17.0 Å². The van der Waals surface area contributed by atoms with Gasteiger partial charge in [-0.3, -0.25) is 14.4 Å². The third-order valence-electron chi connectivity index (χ3n) is 8.90. The third kappa shape index (κ3) is 3.27. The van der Waals surface area contributed by atoms with Crippen LogP contribution in [-0.2, 0) is 9.59 Å². The molecule has 3 amide bonds. The molecular weight excluding hydrogens is 406 g/mol. The third-order valence-corrected chi connectivity index (χ3v) is 8.90. The highest BCUT2D eigenvalue weighted by Gasteiger charge is 2.55. The fourth-order valence-electron chi connectivity index (χ4n) is 7.86. The van der Waals surface area contributed by atoms with Crippen molar-refractivity contribution in [2.24, 2.45) is 23.2 Å². The quantitative estimate of drug-likeness (QED) is 0.726. The van der Waals surface area contributed by atoms with Crippen LogP contribution >= 0.6 is 0 Å². The number of carbonyl (C=O) groups excluding carboxylic acids is 3. The van der Waals surface area contributed by atoms with E-state index in [0.29, 0.717) is 45.1 Å². The van der Waals surface area contributed by atoms with Gasteiger partial charge in [-0.15, -0.1) is 0 Å². The van der Waals surface area contributed by atoms with Crippen LogP contribution in [-0.4, -0.2) is 71.2 Å². The van der Waals surface area contributed by atoms with Gasteiger partial charge in [-0.05, 0) is 81.3 Å².